The molecule has 0 heterocycles. The van der Waals surface area contributed by atoms with E-state index in [0.29, 0.717) is 0 Å². The first-order chi connectivity index (χ1) is 9.52. The second kappa shape index (κ2) is 6.62. The van der Waals surface area contributed by atoms with Gasteiger partial charge < -0.3 is 5.11 Å². The van der Waals surface area contributed by atoms with Crippen molar-refractivity contribution in [2.45, 2.75) is 30.9 Å². The van der Waals surface area contributed by atoms with E-state index in [0.717, 1.165) is 11.3 Å². The molecule has 0 bridgehead atoms. The Morgan fingerprint density at radius 2 is 1.55 bits per heavy atom. The maximum Gasteiger partial charge on any atom is 0.307 e. The standard InChI is InChI=1S/C17H18O2S/c1-12-7-13(2)9-16(8-12)20-11-15-5-3-14(4-6-15)10-17(18)19/h3-9H,10-11H2,1-2H3,(H,18,19). The van der Waals surface area contributed by atoms with Gasteiger partial charge in [-0.25, -0.2) is 0 Å². The minimum absolute atomic E-state index is 0.0878. The van der Waals surface area contributed by atoms with E-state index in [1.54, 1.807) is 11.8 Å². The van der Waals surface area contributed by atoms with Crippen molar-refractivity contribution in [3.8, 4) is 0 Å². The molecule has 0 radical (unpaired) electrons. The smallest absolute Gasteiger partial charge is 0.307 e. The van der Waals surface area contributed by atoms with Crippen LogP contribution in [-0.4, -0.2) is 11.1 Å². The van der Waals surface area contributed by atoms with Gasteiger partial charge in [0.2, 0.25) is 0 Å². The molecule has 0 saturated carbocycles. The van der Waals surface area contributed by atoms with Gasteiger partial charge >= 0.3 is 5.97 Å². The Hall–Kier alpha value is -1.74. The molecule has 0 fully saturated rings. The molecule has 1 N–H and O–H groups in total. The van der Waals surface area contributed by atoms with Crippen LogP contribution in [-0.2, 0) is 17.0 Å². The van der Waals surface area contributed by atoms with Crippen LogP contribution in [0, 0.1) is 13.8 Å². The van der Waals surface area contributed by atoms with E-state index in [2.05, 4.69) is 32.0 Å². The van der Waals surface area contributed by atoms with Crippen LogP contribution >= 0.6 is 11.8 Å². The molecule has 0 aliphatic heterocycles. The third-order valence-corrected chi connectivity index (χ3v) is 4.03. The number of aryl methyl sites for hydroxylation is 2. The first-order valence-electron chi connectivity index (χ1n) is 6.53. The Labute approximate surface area is 123 Å². The summed E-state index contributed by atoms with van der Waals surface area (Å²) in [6.45, 7) is 4.22. The zero-order valence-electron chi connectivity index (χ0n) is 11.7. The first kappa shape index (κ1) is 14.7. The van der Waals surface area contributed by atoms with Crippen LogP contribution in [0.15, 0.2) is 47.4 Å². The average molecular weight is 286 g/mol. The van der Waals surface area contributed by atoms with Crippen LogP contribution < -0.4 is 0 Å². The van der Waals surface area contributed by atoms with Gasteiger partial charge in [-0.05, 0) is 48.2 Å². The summed E-state index contributed by atoms with van der Waals surface area (Å²) in [6, 6.07) is 14.4. The van der Waals surface area contributed by atoms with E-state index in [1.807, 2.05) is 24.3 Å². The number of carboxylic acid groups (broad SMARTS) is 1. The molecule has 0 saturated heterocycles. The predicted octanol–water partition coefficient (Wildman–Crippen LogP) is 4.22. The number of hydrogen-bond donors (Lipinski definition) is 1. The normalized spacial score (nSPS) is 10.5. The Morgan fingerprint density at radius 1 is 1.00 bits per heavy atom. The number of rotatable bonds is 5. The highest BCUT2D eigenvalue weighted by Gasteiger charge is 2.02. The van der Waals surface area contributed by atoms with Gasteiger partial charge in [-0.3, -0.25) is 4.79 Å². The van der Waals surface area contributed by atoms with Crippen LogP contribution in [0.4, 0.5) is 0 Å². The van der Waals surface area contributed by atoms with Gasteiger partial charge in [-0.1, -0.05) is 30.3 Å². The Kier molecular flexibility index (Phi) is 4.85. The number of benzene rings is 2. The van der Waals surface area contributed by atoms with Gasteiger partial charge in [0.25, 0.3) is 0 Å². The van der Waals surface area contributed by atoms with E-state index in [1.165, 1.54) is 21.6 Å². The van der Waals surface area contributed by atoms with Crippen LogP contribution in [0.1, 0.15) is 22.3 Å². The molecule has 2 rings (SSSR count). The summed E-state index contributed by atoms with van der Waals surface area (Å²) in [5, 5.41) is 8.74. The molecule has 3 heteroatoms. The molecule has 0 aliphatic carbocycles. The number of carboxylic acids is 1. The lowest BCUT2D eigenvalue weighted by molar-refractivity contribution is -0.136. The van der Waals surface area contributed by atoms with Gasteiger partial charge in [0.1, 0.15) is 0 Å². The molecule has 0 unspecified atom stereocenters. The summed E-state index contributed by atoms with van der Waals surface area (Å²) >= 11 is 1.81. The summed E-state index contributed by atoms with van der Waals surface area (Å²) in [5.74, 6) is 0.110. The lowest BCUT2D eigenvalue weighted by Gasteiger charge is -2.06. The van der Waals surface area contributed by atoms with Crippen molar-refractivity contribution in [3.05, 3.63) is 64.7 Å². The fourth-order valence-electron chi connectivity index (χ4n) is 2.11. The van der Waals surface area contributed by atoms with Crippen molar-refractivity contribution in [1.29, 1.82) is 0 Å². The molecule has 2 aromatic carbocycles. The van der Waals surface area contributed by atoms with Gasteiger partial charge in [-0.15, -0.1) is 11.8 Å². The predicted molar refractivity (Wildman–Crippen MR) is 83.3 cm³/mol. The van der Waals surface area contributed by atoms with Gasteiger partial charge in [0.15, 0.2) is 0 Å². The Morgan fingerprint density at radius 3 is 2.10 bits per heavy atom. The highest BCUT2D eigenvalue weighted by Crippen LogP contribution is 2.25. The minimum atomic E-state index is -0.789. The van der Waals surface area contributed by atoms with Crippen molar-refractivity contribution in [2.24, 2.45) is 0 Å². The number of hydrogen-bond acceptors (Lipinski definition) is 2. The molecular formula is C17H18O2S. The molecule has 0 aromatic heterocycles. The lowest BCUT2D eigenvalue weighted by atomic mass is 10.1. The van der Waals surface area contributed by atoms with E-state index in [-0.39, 0.29) is 6.42 Å². The lowest BCUT2D eigenvalue weighted by Crippen LogP contribution is -1.99. The summed E-state index contributed by atoms with van der Waals surface area (Å²) in [7, 11) is 0. The average Bonchev–Trinajstić information content (AvgIpc) is 2.36. The van der Waals surface area contributed by atoms with Crippen molar-refractivity contribution in [1.82, 2.24) is 0 Å². The number of aliphatic carboxylic acids is 1. The van der Waals surface area contributed by atoms with Crippen LogP contribution in [0.3, 0.4) is 0 Å². The fraction of sp³-hybridized carbons (Fsp3) is 0.235. The summed E-state index contributed by atoms with van der Waals surface area (Å²) in [5.41, 5.74) is 4.62. The Bertz CT molecular complexity index is 583. The Balaban J connectivity index is 1.98. The van der Waals surface area contributed by atoms with Crippen molar-refractivity contribution >= 4 is 17.7 Å². The van der Waals surface area contributed by atoms with Crippen molar-refractivity contribution < 1.29 is 9.90 Å². The molecule has 0 aliphatic rings. The van der Waals surface area contributed by atoms with Crippen LogP contribution in [0.5, 0.6) is 0 Å². The zero-order valence-corrected chi connectivity index (χ0v) is 12.5. The van der Waals surface area contributed by atoms with Crippen LogP contribution in [0.25, 0.3) is 0 Å². The highest BCUT2D eigenvalue weighted by atomic mass is 32.2. The molecule has 2 nitrogen and oxygen atoms in total. The molecule has 0 amide bonds. The SMILES string of the molecule is Cc1cc(C)cc(SCc2ccc(CC(=O)O)cc2)c1. The maximum absolute atomic E-state index is 10.6. The van der Waals surface area contributed by atoms with Crippen molar-refractivity contribution in [3.63, 3.8) is 0 Å². The molecular weight excluding hydrogens is 268 g/mol. The summed E-state index contributed by atoms with van der Waals surface area (Å²) < 4.78 is 0. The molecule has 0 spiro atoms. The fourth-order valence-corrected chi connectivity index (χ4v) is 3.18. The topological polar surface area (TPSA) is 37.3 Å². The van der Waals surface area contributed by atoms with E-state index in [9.17, 15) is 4.79 Å². The molecule has 104 valence electrons. The number of carbonyl (C=O) groups is 1. The van der Waals surface area contributed by atoms with Crippen molar-refractivity contribution in [2.75, 3.05) is 0 Å². The zero-order chi connectivity index (χ0) is 14.5. The third kappa shape index (κ3) is 4.42. The van der Waals surface area contributed by atoms with E-state index >= 15 is 0 Å². The third-order valence-electron chi connectivity index (χ3n) is 2.98. The van der Waals surface area contributed by atoms with Gasteiger partial charge in [-0.2, -0.15) is 0 Å². The minimum Gasteiger partial charge on any atom is -0.481 e. The van der Waals surface area contributed by atoms with E-state index < -0.39 is 5.97 Å². The van der Waals surface area contributed by atoms with Crippen LogP contribution in [0.2, 0.25) is 0 Å². The quantitative estimate of drug-likeness (QED) is 0.836. The van der Waals surface area contributed by atoms with Gasteiger partial charge in [0, 0.05) is 10.6 Å². The second-order valence-corrected chi connectivity index (χ2v) is 6.05. The summed E-state index contributed by atoms with van der Waals surface area (Å²) in [4.78, 5) is 11.9. The van der Waals surface area contributed by atoms with E-state index in [4.69, 9.17) is 5.11 Å². The highest BCUT2D eigenvalue weighted by molar-refractivity contribution is 7.98. The second-order valence-electron chi connectivity index (χ2n) is 5.00. The largest absolute Gasteiger partial charge is 0.481 e. The summed E-state index contributed by atoms with van der Waals surface area (Å²) in [6.07, 6.45) is 0.0878. The first-order valence-corrected chi connectivity index (χ1v) is 7.52. The monoisotopic (exact) mass is 286 g/mol. The number of thioether (sulfide) groups is 1. The maximum atomic E-state index is 10.6. The molecule has 2 aromatic rings. The molecule has 0 atom stereocenters. The van der Waals surface area contributed by atoms with Gasteiger partial charge in [0.05, 0.1) is 6.42 Å². The molecule has 20 heavy (non-hydrogen) atoms.